The summed E-state index contributed by atoms with van der Waals surface area (Å²) in [5, 5.41) is 3.03. The fraction of sp³-hybridized carbons (Fsp3) is 0.650. The summed E-state index contributed by atoms with van der Waals surface area (Å²) in [6.45, 7) is 9.08. The summed E-state index contributed by atoms with van der Waals surface area (Å²) in [6.07, 6.45) is 6.66. The van der Waals surface area contributed by atoms with E-state index < -0.39 is 0 Å². The van der Waals surface area contributed by atoms with E-state index >= 15 is 0 Å². The van der Waals surface area contributed by atoms with Crippen molar-refractivity contribution >= 4 is 11.6 Å². The van der Waals surface area contributed by atoms with E-state index in [1.165, 1.54) is 43.2 Å². The molecule has 0 atom stereocenters. The fourth-order valence-electron chi connectivity index (χ4n) is 3.41. The topological polar surface area (TPSA) is 32.3 Å². The van der Waals surface area contributed by atoms with E-state index in [2.05, 4.69) is 56.2 Å². The van der Waals surface area contributed by atoms with Gasteiger partial charge in [-0.3, -0.25) is 9.69 Å². The molecule has 0 aliphatic heterocycles. The molecule has 0 radical (unpaired) electrons. The van der Waals surface area contributed by atoms with Crippen LogP contribution >= 0.6 is 0 Å². The number of hydrogen-bond donors (Lipinski definition) is 1. The minimum atomic E-state index is -0.00220. The molecule has 0 unspecified atom stereocenters. The van der Waals surface area contributed by atoms with Gasteiger partial charge in [-0.15, -0.1) is 0 Å². The Morgan fingerprint density at radius 2 is 1.87 bits per heavy atom. The molecule has 2 rings (SSSR count). The number of nitrogens with one attached hydrogen (secondary N) is 1. The van der Waals surface area contributed by atoms with Gasteiger partial charge in [0.2, 0.25) is 5.91 Å². The van der Waals surface area contributed by atoms with Crippen molar-refractivity contribution in [2.75, 3.05) is 12.4 Å². The highest BCUT2D eigenvalue weighted by atomic mass is 16.1. The van der Waals surface area contributed by atoms with Gasteiger partial charge >= 0.3 is 0 Å². The van der Waals surface area contributed by atoms with Crippen LogP contribution in [0.3, 0.4) is 0 Å². The highest BCUT2D eigenvalue weighted by Crippen LogP contribution is 2.29. The van der Waals surface area contributed by atoms with Crippen LogP contribution in [0.25, 0.3) is 0 Å². The van der Waals surface area contributed by atoms with Gasteiger partial charge in [-0.25, -0.2) is 0 Å². The normalized spacial score (nSPS) is 16.6. The Balaban J connectivity index is 2.20. The number of amides is 1. The monoisotopic (exact) mass is 316 g/mol. The average Bonchev–Trinajstić information content (AvgIpc) is 2.48. The van der Waals surface area contributed by atoms with E-state index in [0.717, 1.165) is 12.2 Å². The van der Waals surface area contributed by atoms with Crippen LogP contribution in [0.4, 0.5) is 5.69 Å². The molecule has 1 saturated carbocycles. The molecule has 1 N–H and O–H groups in total. The predicted molar refractivity (Wildman–Crippen MR) is 97.8 cm³/mol. The number of carbonyl (C=O) groups excluding carboxylic acids is 1. The van der Waals surface area contributed by atoms with E-state index in [9.17, 15) is 4.79 Å². The van der Waals surface area contributed by atoms with Crippen LogP contribution in [-0.2, 0) is 16.8 Å². The van der Waals surface area contributed by atoms with E-state index in [1.54, 1.807) is 6.92 Å². The number of hydrogen-bond acceptors (Lipinski definition) is 2. The number of carbonyl (C=O) groups is 1. The van der Waals surface area contributed by atoms with Crippen LogP contribution in [0.15, 0.2) is 18.2 Å². The van der Waals surface area contributed by atoms with Crippen molar-refractivity contribution in [3.63, 3.8) is 0 Å². The average molecular weight is 316 g/mol. The van der Waals surface area contributed by atoms with Gasteiger partial charge in [-0.05, 0) is 42.5 Å². The standard InChI is InChI=1S/C20H32N2O/c1-15(23)21-19-13-17(20(2,3)4)12-11-16(19)14-22(5)18-9-7-6-8-10-18/h11-13,18H,6-10,14H2,1-5H3,(H,21,23). The van der Waals surface area contributed by atoms with Gasteiger partial charge in [0.1, 0.15) is 0 Å². The molecule has 1 fully saturated rings. The van der Waals surface area contributed by atoms with Crippen molar-refractivity contribution in [1.82, 2.24) is 4.90 Å². The summed E-state index contributed by atoms with van der Waals surface area (Å²) in [5.74, 6) is -0.00220. The largest absolute Gasteiger partial charge is 0.326 e. The third-order valence-electron chi connectivity index (χ3n) is 4.90. The van der Waals surface area contributed by atoms with Crippen molar-refractivity contribution in [3.05, 3.63) is 29.3 Å². The number of benzene rings is 1. The second kappa shape index (κ2) is 7.48. The molecule has 3 heteroatoms. The molecule has 1 aliphatic carbocycles. The summed E-state index contributed by atoms with van der Waals surface area (Å²) in [5.41, 5.74) is 3.51. The summed E-state index contributed by atoms with van der Waals surface area (Å²) >= 11 is 0. The van der Waals surface area contributed by atoms with Crippen LogP contribution in [-0.4, -0.2) is 23.9 Å². The van der Waals surface area contributed by atoms with Gasteiger partial charge in [0, 0.05) is 25.2 Å². The summed E-state index contributed by atoms with van der Waals surface area (Å²) in [6, 6.07) is 7.21. The Labute approximate surface area is 141 Å². The quantitative estimate of drug-likeness (QED) is 0.872. The molecule has 1 aromatic carbocycles. The molecule has 23 heavy (non-hydrogen) atoms. The second-order valence-electron chi connectivity index (χ2n) is 8.01. The Bertz CT molecular complexity index is 539. The smallest absolute Gasteiger partial charge is 0.221 e. The van der Waals surface area contributed by atoms with Gasteiger partial charge in [-0.1, -0.05) is 52.2 Å². The van der Waals surface area contributed by atoms with Crippen molar-refractivity contribution in [1.29, 1.82) is 0 Å². The molecular formula is C20H32N2O. The highest BCUT2D eigenvalue weighted by Gasteiger charge is 2.20. The van der Waals surface area contributed by atoms with Crippen molar-refractivity contribution in [2.45, 2.75) is 77.8 Å². The van der Waals surface area contributed by atoms with Gasteiger partial charge in [0.15, 0.2) is 0 Å². The molecule has 1 aliphatic rings. The van der Waals surface area contributed by atoms with Crippen molar-refractivity contribution in [2.24, 2.45) is 0 Å². The Morgan fingerprint density at radius 1 is 1.22 bits per heavy atom. The van der Waals surface area contributed by atoms with Crippen LogP contribution in [0, 0.1) is 0 Å². The SMILES string of the molecule is CC(=O)Nc1cc(C(C)(C)C)ccc1CN(C)C1CCCCC1. The van der Waals surface area contributed by atoms with Gasteiger partial charge in [0.25, 0.3) is 0 Å². The van der Waals surface area contributed by atoms with Crippen LogP contribution < -0.4 is 5.32 Å². The number of anilines is 1. The van der Waals surface area contributed by atoms with Gasteiger partial charge < -0.3 is 5.32 Å². The maximum atomic E-state index is 11.6. The third kappa shape index (κ3) is 5.07. The Hall–Kier alpha value is -1.35. The first-order chi connectivity index (χ1) is 10.8. The molecule has 3 nitrogen and oxygen atoms in total. The molecule has 1 amide bonds. The molecule has 0 bridgehead atoms. The van der Waals surface area contributed by atoms with E-state index in [-0.39, 0.29) is 11.3 Å². The van der Waals surface area contributed by atoms with Crippen LogP contribution in [0.5, 0.6) is 0 Å². The van der Waals surface area contributed by atoms with Crippen LogP contribution in [0.1, 0.15) is 70.9 Å². The molecule has 0 heterocycles. The number of nitrogens with zero attached hydrogens (tertiary/aromatic N) is 1. The molecule has 0 spiro atoms. The van der Waals surface area contributed by atoms with Crippen molar-refractivity contribution in [3.8, 4) is 0 Å². The van der Waals surface area contributed by atoms with E-state index in [4.69, 9.17) is 0 Å². The minimum absolute atomic E-state index is 0.00220. The van der Waals surface area contributed by atoms with Crippen molar-refractivity contribution < 1.29 is 4.79 Å². The fourth-order valence-corrected chi connectivity index (χ4v) is 3.41. The maximum absolute atomic E-state index is 11.6. The number of rotatable bonds is 4. The zero-order valence-electron chi connectivity index (χ0n) is 15.4. The first kappa shape index (κ1) is 18.0. The van der Waals surface area contributed by atoms with E-state index in [1.807, 2.05) is 0 Å². The van der Waals surface area contributed by atoms with E-state index in [0.29, 0.717) is 6.04 Å². The molecular weight excluding hydrogens is 284 g/mol. The molecule has 0 saturated heterocycles. The summed E-state index contributed by atoms with van der Waals surface area (Å²) in [4.78, 5) is 14.0. The molecule has 128 valence electrons. The lowest BCUT2D eigenvalue weighted by molar-refractivity contribution is -0.114. The predicted octanol–water partition coefficient (Wildman–Crippen LogP) is 4.71. The molecule has 0 aromatic heterocycles. The summed E-state index contributed by atoms with van der Waals surface area (Å²) in [7, 11) is 2.21. The first-order valence-electron chi connectivity index (χ1n) is 8.88. The third-order valence-corrected chi connectivity index (χ3v) is 4.90. The maximum Gasteiger partial charge on any atom is 0.221 e. The summed E-state index contributed by atoms with van der Waals surface area (Å²) < 4.78 is 0. The lowest BCUT2D eigenvalue weighted by Gasteiger charge is -2.32. The minimum Gasteiger partial charge on any atom is -0.326 e. The zero-order chi connectivity index (χ0) is 17.0. The second-order valence-corrected chi connectivity index (χ2v) is 8.01. The van der Waals surface area contributed by atoms with Gasteiger partial charge in [-0.2, -0.15) is 0 Å². The first-order valence-corrected chi connectivity index (χ1v) is 8.88. The lowest BCUT2D eigenvalue weighted by atomic mass is 9.86. The Kier molecular flexibility index (Phi) is 5.85. The zero-order valence-corrected chi connectivity index (χ0v) is 15.4. The van der Waals surface area contributed by atoms with Gasteiger partial charge in [0.05, 0.1) is 0 Å². The molecule has 1 aromatic rings. The lowest BCUT2D eigenvalue weighted by Crippen LogP contribution is -2.33. The van der Waals surface area contributed by atoms with Crippen LogP contribution in [0.2, 0.25) is 0 Å². The highest BCUT2D eigenvalue weighted by molar-refractivity contribution is 5.89. The Morgan fingerprint density at radius 3 is 2.43 bits per heavy atom.